The minimum absolute atomic E-state index is 0.231. The van der Waals surface area contributed by atoms with Crippen molar-refractivity contribution in [3.63, 3.8) is 0 Å². The monoisotopic (exact) mass is 396 g/mol. The normalized spacial score (nSPS) is 18.4. The molecule has 0 N–H and O–H groups in total. The molecule has 1 aromatic heterocycles. The number of imide groups is 1. The van der Waals surface area contributed by atoms with Crippen molar-refractivity contribution in [1.82, 2.24) is 19.7 Å². The summed E-state index contributed by atoms with van der Waals surface area (Å²) in [6.07, 6.45) is 3.32. The molecule has 2 aliphatic heterocycles. The molecular formula is C21H21ClN4O2. The number of nitrogens with zero attached hydrogens (tertiary/aromatic N) is 4. The van der Waals surface area contributed by atoms with E-state index in [1.54, 1.807) is 36.7 Å². The van der Waals surface area contributed by atoms with Crippen molar-refractivity contribution >= 4 is 29.0 Å². The molecule has 28 heavy (non-hydrogen) atoms. The number of amides is 2. The Hall–Kier alpha value is -2.70. The summed E-state index contributed by atoms with van der Waals surface area (Å²) in [5.74, 6) is -0.505. The lowest BCUT2D eigenvalue weighted by molar-refractivity contribution is -0.138. The van der Waals surface area contributed by atoms with Gasteiger partial charge in [-0.2, -0.15) is 0 Å². The van der Waals surface area contributed by atoms with Gasteiger partial charge in [0.15, 0.2) is 0 Å². The van der Waals surface area contributed by atoms with Crippen LogP contribution < -0.4 is 0 Å². The first-order valence-corrected chi connectivity index (χ1v) is 9.61. The third-order valence-corrected chi connectivity index (χ3v) is 5.44. The predicted molar refractivity (Wildman–Crippen MR) is 107 cm³/mol. The maximum atomic E-state index is 13.3. The highest BCUT2D eigenvalue weighted by Crippen LogP contribution is 2.33. The zero-order valence-corrected chi connectivity index (χ0v) is 16.4. The molecule has 4 rings (SSSR count). The fraction of sp³-hybridized carbons (Fsp3) is 0.286. The summed E-state index contributed by atoms with van der Waals surface area (Å²) in [7, 11) is 2.06. The van der Waals surface area contributed by atoms with E-state index in [1.807, 2.05) is 17.0 Å². The van der Waals surface area contributed by atoms with Crippen molar-refractivity contribution < 1.29 is 9.59 Å². The standard InChI is InChI=1S/C21H21ClN4O2/c1-24-10-12-25(13-11-24)19-18(16-2-4-17(22)5-3-16)20(27)26(21(19)28)14-15-6-8-23-9-7-15/h2-9H,10-14H2,1H3. The molecule has 6 nitrogen and oxygen atoms in total. The molecule has 0 saturated carbocycles. The zero-order chi connectivity index (χ0) is 19.7. The second-order valence-corrected chi connectivity index (χ2v) is 7.51. The number of aromatic nitrogens is 1. The van der Waals surface area contributed by atoms with Gasteiger partial charge in [0.25, 0.3) is 11.8 Å². The number of likely N-dealkylation sites (N-methyl/N-ethyl adjacent to an activating group) is 1. The van der Waals surface area contributed by atoms with Gasteiger partial charge >= 0.3 is 0 Å². The van der Waals surface area contributed by atoms with Crippen LogP contribution in [0.15, 0.2) is 54.5 Å². The number of carbonyl (C=O) groups excluding carboxylic acids is 2. The number of hydrogen-bond acceptors (Lipinski definition) is 5. The first kappa shape index (κ1) is 18.7. The molecule has 0 atom stereocenters. The number of rotatable bonds is 4. The van der Waals surface area contributed by atoms with Crippen LogP contribution in [0.5, 0.6) is 0 Å². The number of benzene rings is 1. The summed E-state index contributed by atoms with van der Waals surface area (Å²) in [4.78, 5) is 36.2. The van der Waals surface area contributed by atoms with Gasteiger partial charge in [-0.25, -0.2) is 0 Å². The average molecular weight is 397 g/mol. The summed E-state index contributed by atoms with van der Waals surface area (Å²) < 4.78 is 0. The van der Waals surface area contributed by atoms with Gasteiger partial charge in [0.05, 0.1) is 12.1 Å². The van der Waals surface area contributed by atoms with Gasteiger partial charge in [-0.05, 0) is 42.4 Å². The maximum absolute atomic E-state index is 13.3. The Morgan fingerprint density at radius 2 is 1.57 bits per heavy atom. The number of hydrogen-bond donors (Lipinski definition) is 0. The van der Waals surface area contributed by atoms with Crippen LogP contribution in [0, 0.1) is 0 Å². The summed E-state index contributed by atoms with van der Waals surface area (Å²) in [6.45, 7) is 3.36. The first-order chi connectivity index (χ1) is 13.5. The molecular weight excluding hydrogens is 376 g/mol. The van der Waals surface area contributed by atoms with Crippen LogP contribution >= 0.6 is 11.6 Å². The Kier molecular flexibility index (Phi) is 5.15. The van der Waals surface area contributed by atoms with Gasteiger partial charge in [-0.15, -0.1) is 0 Å². The number of halogens is 1. The Morgan fingerprint density at radius 1 is 0.929 bits per heavy atom. The summed E-state index contributed by atoms with van der Waals surface area (Å²) in [5, 5.41) is 0.593. The molecule has 1 saturated heterocycles. The highest BCUT2D eigenvalue weighted by molar-refractivity contribution is 6.35. The number of piperazine rings is 1. The SMILES string of the molecule is CN1CCN(C2=C(c3ccc(Cl)cc3)C(=O)N(Cc3ccncc3)C2=O)CC1. The smallest absolute Gasteiger partial charge is 0.278 e. The van der Waals surface area contributed by atoms with Gasteiger partial charge in [0.1, 0.15) is 5.70 Å². The molecule has 0 aliphatic carbocycles. The molecule has 3 heterocycles. The lowest BCUT2D eigenvalue weighted by Gasteiger charge is -2.34. The average Bonchev–Trinajstić information content (AvgIpc) is 2.95. The summed E-state index contributed by atoms with van der Waals surface area (Å²) in [6, 6.07) is 10.7. The van der Waals surface area contributed by atoms with E-state index in [-0.39, 0.29) is 18.4 Å². The second-order valence-electron chi connectivity index (χ2n) is 7.07. The van der Waals surface area contributed by atoms with E-state index in [9.17, 15) is 9.59 Å². The molecule has 0 spiro atoms. The van der Waals surface area contributed by atoms with Crippen molar-refractivity contribution in [3.05, 3.63) is 70.6 Å². The van der Waals surface area contributed by atoms with Crippen LogP contribution in [0.4, 0.5) is 0 Å². The quantitative estimate of drug-likeness (QED) is 0.742. The third-order valence-electron chi connectivity index (χ3n) is 5.19. The van der Waals surface area contributed by atoms with Crippen molar-refractivity contribution in [2.45, 2.75) is 6.54 Å². The van der Waals surface area contributed by atoms with Crippen molar-refractivity contribution in [2.75, 3.05) is 33.2 Å². The molecule has 0 radical (unpaired) electrons. The Morgan fingerprint density at radius 3 is 2.21 bits per heavy atom. The largest absolute Gasteiger partial charge is 0.364 e. The van der Waals surface area contributed by atoms with Gasteiger partial charge in [-0.1, -0.05) is 23.7 Å². The topological polar surface area (TPSA) is 56.8 Å². The molecule has 2 aromatic rings. The fourth-order valence-electron chi connectivity index (χ4n) is 3.58. The van der Waals surface area contributed by atoms with E-state index < -0.39 is 0 Å². The molecule has 1 fully saturated rings. The Labute approximate surface area is 169 Å². The van der Waals surface area contributed by atoms with Crippen LogP contribution in [-0.2, 0) is 16.1 Å². The van der Waals surface area contributed by atoms with Gasteiger partial charge in [0.2, 0.25) is 0 Å². The van der Waals surface area contributed by atoms with E-state index in [0.29, 0.717) is 34.9 Å². The molecule has 0 unspecified atom stereocenters. The first-order valence-electron chi connectivity index (χ1n) is 9.23. The highest BCUT2D eigenvalue weighted by Gasteiger charge is 2.41. The lowest BCUT2D eigenvalue weighted by atomic mass is 10.0. The molecule has 2 amide bonds. The molecule has 2 aliphatic rings. The maximum Gasteiger partial charge on any atom is 0.278 e. The highest BCUT2D eigenvalue weighted by atomic mass is 35.5. The van der Waals surface area contributed by atoms with Crippen LogP contribution in [0.25, 0.3) is 5.57 Å². The van der Waals surface area contributed by atoms with E-state index in [0.717, 1.165) is 18.7 Å². The Balaban J connectivity index is 1.72. The lowest BCUT2D eigenvalue weighted by Crippen LogP contribution is -2.46. The molecule has 1 aromatic carbocycles. The second kappa shape index (κ2) is 7.73. The third kappa shape index (κ3) is 3.53. The van der Waals surface area contributed by atoms with E-state index in [2.05, 4.69) is 16.9 Å². The van der Waals surface area contributed by atoms with Crippen LogP contribution in [0.1, 0.15) is 11.1 Å². The van der Waals surface area contributed by atoms with Crippen LogP contribution in [0.3, 0.4) is 0 Å². The van der Waals surface area contributed by atoms with Gasteiger partial charge < -0.3 is 9.80 Å². The minimum Gasteiger partial charge on any atom is -0.364 e. The van der Waals surface area contributed by atoms with Crippen molar-refractivity contribution in [1.29, 1.82) is 0 Å². The molecule has 7 heteroatoms. The fourth-order valence-corrected chi connectivity index (χ4v) is 3.70. The summed E-state index contributed by atoms with van der Waals surface area (Å²) in [5.41, 5.74) is 2.54. The number of pyridine rings is 1. The molecule has 144 valence electrons. The van der Waals surface area contributed by atoms with Crippen molar-refractivity contribution in [3.8, 4) is 0 Å². The zero-order valence-electron chi connectivity index (χ0n) is 15.6. The molecule has 0 bridgehead atoms. The Bertz CT molecular complexity index is 919. The van der Waals surface area contributed by atoms with Gasteiger partial charge in [-0.3, -0.25) is 19.5 Å². The van der Waals surface area contributed by atoms with Crippen LogP contribution in [-0.4, -0.2) is 64.7 Å². The minimum atomic E-state index is -0.266. The van der Waals surface area contributed by atoms with E-state index in [1.165, 1.54) is 4.90 Å². The van der Waals surface area contributed by atoms with Gasteiger partial charge in [0, 0.05) is 43.6 Å². The summed E-state index contributed by atoms with van der Waals surface area (Å²) >= 11 is 6.02. The van der Waals surface area contributed by atoms with Crippen molar-refractivity contribution in [2.24, 2.45) is 0 Å². The van der Waals surface area contributed by atoms with E-state index >= 15 is 0 Å². The van der Waals surface area contributed by atoms with E-state index in [4.69, 9.17) is 11.6 Å². The van der Waals surface area contributed by atoms with Crippen LogP contribution in [0.2, 0.25) is 5.02 Å². The predicted octanol–water partition coefficient (Wildman–Crippen LogP) is 2.26. The number of carbonyl (C=O) groups is 2.